The van der Waals surface area contributed by atoms with Gasteiger partial charge in [0.15, 0.2) is 0 Å². The standard InChI is InChI=1S/C20H26ClNO2/c1-14(2)18-7-5-15(3)11-20(18)24-10-9-23-19-8-6-17(21)12-16(19)13-22-4/h5-8,11-12,14,22H,9-10,13H2,1-4H3. The smallest absolute Gasteiger partial charge is 0.124 e. The monoisotopic (exact) mass is 347 g/mol. The van der Waals surface area contributed by atoms with Gasteiger partial charge >= 0.3 is 0 Å². The molecule has 0 aliphatic heterocycles. The minimum absolute atomic E-state index is 0.431. The van der Waals surface area contributed by atoms with Crippen LogP contribution in [0, 0.1) is 6.92 Å². The average Bonchev–Trinajstić information content (AvgIpc) is 2.53. The highest BCUT2D eigenvalue weighted by Gasteiger charge is 2.09. The summed E-state index contributed by atoms with van der Waals surface area (Å²) < 4.78 is 11.8. The summed E-state index contributed by atoms with van der Waals surface area (Å²) in [5.41, 5.74) is 3.47. The van der Waals surface area contributed by atoms with Crippen LogP contribution in [-0.2, 0) is 6.54 Å². The molecule has 0 atom stereocenters. The summed E-state index contributed by atoms with van der Waals surface area (Å²) >= 11 is 6.05. The minimum atomic E-state index is 0.431. The van der Waals surface area contributed by atoms with Gasteiger partial charge in [-0.15, -0.1) is 0 Å². The van der Waals surface area contributed by atoms with Gasteiger partial charge in [-0.1, -0.05) is 37.6 Å². The van der Waals surface area contributed by atoms with Gasteiger partial charge in [0, 0.05) is 17.1 Å². The molecule has 0 aliphatic rings. The molecular weight excluding hydrogens is 322 g/mol. The van der Waals surface area contributed by atoms with Gasteiger partial charge in [0.1, 0.15) is 24.7 Å². The predicted molar refractivity (Wildman–Crippen MR) is 100 cm³/mol. The zero-order valence-corrected chi connectivity index (χ0v) is 15.6. The fourth-order valence-corrected chi connectivity index (χ4v) is 2.76. The van der Waals surface area contributed by atoms with Crippen LogP contribution in [0.5, 0.6) is 11.5 Å². The minimum Gasteiger partial charge on any atom is -0.490 e. The third-order valence-corrected chi connectivity index (χ3v) is 4.01. The molecule has 0 radical (unpaired) electrons. The van der Waals surface area contributed by atoms with Crippen LogP contribution in [0.25, 0.3) is 0 Å². The molecule has 130 valence electrons. The van der Waals surface area contributed by atoms with Crippen LogP contribution in [0.4, 0.5) is 0 Å². The van der Waals surface area contributed by atoms with E-state index in [1.807, 2.05) is 25.2 Å². The maximum Gasteiger partial charge on any atom is 0.124 e. The second kappa shape index (κ2) is 8.95. The molecule has 0 aliphatic carbocycles. The first-order valence-electron chi connectivity index (χ1n) is 8.30. The summed E-state index contributed by atoms with van der Waals surface area (Å²) in [6.07, 6.45) is 0. The molecule has 0 heterocycles. The van der Waals surface area contributed by atoms with Crippen LogP contribution in [-0.4, -0.2) is 20.3 Å². The molecule has 0 amide bonds. The van der Waals surface area contributed by atoms with Crippen LogP contribution in [0.2, 0.25) is 5.02 Å². The molecule has 0 fully saturated rings. The first kappa shape index (κ1) is 18.6. The molecular formula is C20H26ClNO2. The number of aryl methyl sites for hydroxylation is 1. The summed E-state index contributed by atoms with van der Waals surface area (Å²) in [5.74, 6) is 2.21. The Bertz CT molecular complexity index is 671. The highest BCUT2D eigenvalue weighted by molar-refractivity contribution is 6.30. The Labute approximate surface area is 149 Å². The molecule has 2 aromatic carbocycles. The third kappa shape index (κ3) is 5.15. The predicted octanol–water partition coefficient (Wildman–Crippen LogP) is 4.95. The van der Waals surface area contributed by atoms with Crippen LogP contribution in [0.3, 0.4) is 0 Å². The number of ether oxygens (including phenoxy) is 2. The summed E-state index contributed by atoms with van der Waals surface area (Å²) in [6.45, 7) is 8.13. The lowest BCUT2D eigenvalue weighted by Gasteiger charge is -2.16. The Morgan fingerprint density at radius 3 is 2.38 bits per heavy atom. The van der Waals surface area contributed by atoms with E-state index in [-0.39, 0.29) is 0 Å². The molecule has 2 rings (SSSR count). The van der Waals surface area contributed by atoms with Gasteiger partial charge in [0.25, 0.3) is 0 Å². The Balaban J connectivity index is 1.95. The van der Waals surface area contributed by atoms with Gasteiger partial charge in [0.05, 0.1) is 0 Å². The van der Waals surface area contributed by atoms with Crippen LogP contribution >= 0.6 is 11.6 Å². The molecule has 0 spiro atoms. The SMILES string of the molecule is CNCc1cc(Cl)ccc1OCCOc1cc(C)ccc1C(C)C. The number of halogens is 1. The molecule has 0 saturated heterocycles. The maximum atomic E-state index is 6.05. The number of nitrogens with one attached hydrogen (secondary N) is 1. The fraction of sp³-hybridized carbons (Fsp3) is 0.400. The van der Waals surface area contributed by atoms with Gasteiger partial charge in [-0.05, 0) is 55.3 Å². The van der Waals surface area contributed by atoms with Crippen LogP contribution in [0.15, 0.2) is 36.4 Å². The van der Waals surface area contributed by atoms with Crippen molar-refractivity contribution in [2.24, 2.45) is 0 Å². The summed E-state index contributed by atoms with van der Waals surface area (Å²) in [7, 11) is 1.90. The molecule has 24 heavy (non-hydrogen) atoms. The van der Waals surface area contributed by atoms with E-state index in [1.54, 1.807) is 0 Å². The molecule has 0 bridgehead atoms. The van der Waals surface area contributed by atoms with Crippen LogP contribution in [0.1, 0.15) is 36.5 Å². The molecule has 2 aromatic rings. The summed E-state index contributed by atoms with van der Waals surface area (Å²) in [4.78, 5) is 0. The van der Waals surface area contributed by atoms with E-state index in [2.05, 4.69) is 44.3 Å². The lowest BCUT2D eigenvalue weighted by atomic mass is 10.0. The number of benzene rings is 2. The summed E-state index contributed by atoms with van der Waals surface area (Å²) in [6, 6.07) is 12.0. The fourth-order valence-electron chi connectivity index (χ4n) is 2.56. The molecule has 0 saturated carbocycles. The van der Waals surface area contributed by atoms with Crippen molar-refractivity contribution in [1.82, 2.24) is 5.32 Å². The van der Waals surface area contributed by atoms with Crippen molar-refractivity contribution in [3.8, 4) is 11.5 Å². The second-order valence-electron chi connectivity index (χ2n) is 6.18. The van der Waals surface area contributed by atoms with Crippen molar-refractivity contribution in [2.75, 3.05) is 20.3 Å². The van der Waals surface area contributed by atoms with Gasteiger partial charge in [0.2, 0.25) is 0 Å². The first-order valence-corrected chi connectivity index (χ1v) is 8.68. The van der Waals surface area contributed by atoms with Crippen molar-refractivity contribution >= 4 is 11.6 Å². The largest absolute Gasteiger partial charge is 0.490 e. The molecule has 3 nitrogen and oxygen atoms in total. The number of hydrogen-bond donors (Lipinski definition) is 1. The highest BCUT2D eigenvalue weighted by atomic mass is 35.5. The van der Waals surface area contributed by atoms with Crippen molar-refractivity contribution in [2.45, 2.75) is 33.2 Å². The van der Waals surface area contributed by atoms with E-state index < -0.39 is 0 Å². The van der Waals surface area contributed by atoms with E-state index in [1.165, 1.54) is 11.1 Å². The van der Waals surface area contributed by atoms with E-state index in [0.29, 0.717) is 30.7 Å². The van der Waals surface area contributed by atoms with Crippen molar-refractivity contribution in [3.63, 3.8) is 0 Å². The van der Waals surface area contributed by atoms with Gasteiger partial charge < -0.3 is 14.8 Å². The van der Waals surface area contributed by atoms with E-state index >= 15 is 0 Å². The Kier molecular flexibility index (Phi) is 6.95. The highest BCUT2D eigenvalue weighted by Crippen LogP contribution is 2.27. The zero-order valence-electron chi connectivity index (χ0n) is 14.9. The lowest BCUT2D eigenvalue weighted by molar-refractivity contribution is 0.214. The second-order valence-corrected chi connectivity index (χ2v) is 6.61. The number of hydrogen-bond acceptors (Lipinski definition) is 3. The van der Waals surface area contributed by atoms with Crippen molar-refractivity contribution in [3.05, 3.63) is 58.1 Å². The van der Waals surface area contributed by atoms with Crippen LogP contribution < -0.4 is 14.8 Å². The maximum absolute atomic E-state index is 6.05. The molecule has 0 unspecified atom stereocenters. The lowest BCUT2D eigenvalue weighted by Crippen LogP contribution is -2.13. The Hall–Kier alpha value is -1.71. The van der Waals surface area contributed by atoms with Gasteiger partial charge in [-0.3, -0.25) is 0 Å². The Morgan fingerprint density at radius 2 is 1.71 bits per heavy atom. The summed E-state index contributed by atoms with van der Waals surface area (Å²) in [5, 5.41) is 3.84. The topological polar surface area (TPSA) is 30.5 Å². The number of rotatable bonds is 8. The van der Waals surface area contributed by atoms with E-state index in [4.69, 9.17) is 21.1 Å². The van der Waals surface area contributed by atoms with Crippen molar-refractivity contribution in [1.29, 1.82) is 0 Å². The van der Waals surface area contributed by atoms with Gasteiger partial charge in [-0.2, -0.15) is 0 Å². The first-order chi connectivity index (χ1) is 11.5. The van der Waals surface area contributed by atoms with Gasteiger partial charge in [-0.25, -0.2) is 0 Å². The average molecular weight is 348 g/mol. The van der Waals surface area contributed by atoms with E-state index in [0.717, 1.165) is 17.1 Å². The molecule has 0 aromatic heterocycles. The normalized spacial score (nSPS) is 10.9. The zero-order chi connectivity index (χ0) is 17.5. The quantitative estimate of drug-likeness (QED) is 0.685. The molecule has 4 heteroatoms. The molecule has 1 N–H and O–H groups in total. The third-order valence-electron chi connectivity index (χ3n) is 3.78. The van der Waals surface area contributed by atoms with Crippen molar-refractivity contribution < 1.29 is 9.47 Å². The Morgan fingerprint density at radius 1 is 1.00 bits per heavy atom. The van der Waals surface area contributed by atoms with E-state index in [9.17, 15) is 0 Å².